The van der Waals surface area contributed by atoms with Gasteiger partial charge in [0.2, 0.25) is 0 Å². The first-order valence-electron chi connectivity index (χ1n) is 7.81. The van der Waals surface area contributed by atoms with Crippen LogP contribution in [0.4, 0.5) is 4.79 Å². The van der Waals surface area contributed by atoms with Gasteiger partial charge in [-0.3, -0.25) is 0 Å². The van der Waals surface area contributed by atoms with Crippen LogP contribution in [-0.2, 0) is 13.0 Å². The van der Waals surface area contributed by atoms with Crippen LogP contribution in [-0.4, -0.2) is 39.1 Å². The lowest BCUT2D eigenvalue weighted by molar-refractivity contribution is 0.203. The zero-order chi connectivity index (χ0) is 15.4. The van der Waals surface area contributed by atoms with E-state index in [2.05, 4.69) is 29.4 Å². The van der Waals surface area contributed by atoms with Crippen LogP contribution >= 0.6 is 0 Å². The predicted molar refractivity (Wildman–Crippen MR) is 85.5 cm³/mol. The molecule has 2 aromatic rings. The minimum Gasteiger partial charge on any atom is -0.337 e. The monoisotopic (exact) mass is 298 g/mol. The molecule has 0 aliphatic carbocycles. The summed E-state index contributed by atoms with van der Waals surface area (Å²) in [6, 6.07) is 10.8. The average molecular weight is 298 g/mol. The van der Waals surface area contributed by atoms with E-state index in [4.69, 9.17) is 0 Å². The molecule has 2 atom stereocenters. The summed E-state index contributed by atoms with van der Waals surface area (Å²) in [5.41, 5.74) is 1.26. The highest BCUT2D eigenvalue weighted by atomic mass is 16.2. The maximum atomic E-state index is 12.2. The van der Waals surface area contributed by atoms with Crippen molar-refractivity contribution in [2.75, 3.05) is 6.54 Å². The number of benzene rings is 1. The fraction of sp³-hybridized carbons (Fsp3) is 0.412. The number of nitrogens with zero attached hydrogens (tertiary/aromatic N) is 3. The second kappa shape index (κ2) is 6.64. The van der Waals surface area contributed by atoms with Gasteiger partial charge in [-0.2, -0.15) is 0 Å². The predicted octanol–water partition coefficient (Wildman–Crippen LogP) is 2.30. The molecule has 0 saturated carbocycles. The van der Waals surface area contributed by atoms with Crippen molar-refractivity contribution >= 4 is 6.03 Å². The van der Waals surface area contributed by atoms with Crippen LogP contribution in [0.1, 0.15) is 18.9 Å². The quantitative estimate of drug-likeness (QED) is 0.889. The summed E-state index contributed by atoms with van der Waals surface area (Å²) in [4.78, 5) is 18.2. The SMILES string of the molecule is CC1C(Cc2ccccc2)NC(=O)N1CCCn1ccnc1. The minimum atomic E-state index is 0.0547. The highest BCUT2D eigenvalue weighted by molar-refractivity contribution is 5.77. The van der Waals surface area contributed by atoms with Gasteiger partial charge >= 0.3 is 6.03 Å². The van der Waals surface area contributed by atoms with E-state index in [9.17, 15) is 4.79 Å². The molecule has 1 aromatic carbocycles. The molecular weight excluding hydrogens is 276 g/mol. The number of rotatable bonds is 6. The zero-order valence-electron chi connectivity index (χ0n) is 12.9. The van der Waals surface area contributed by atoms with Gasteiger partial charge in [0, 0.05) is 25.5 Å². The standard InChI is InChI=1S/C17H22N4O/c1-14-16(12-15-6-3-2-4-7-15)19-17(22)21(14)10-5-9-20-11-8-18-13-20/h2-4,6-8,11,13-14,16H,5,9-10,12H2,1H3,(H,19,22). The molecule has 2 heterocycles. The molecule has 0 bridgehead atoms. The fourth-order valence-electron chi connectivity index (χ4n) is 3.00. The van der Waals surface area contributed by atoms with Crippen molar-refractivity contribution in [1.82, 2.24) is 19.8 Å². The van der Waals surface area contributed by atoms with Gasteiger partial charge in [0.25, 0.3) is 0 Å². The maximum absolute atomic E-state index is 12.2. The molecule has 116 valence electrons. The molecular formula is C17H22N4O. The summed E-state index contributed by atoms with van der Waals surface area (Å²) in [7, 11) is 0. The van der Waals surface area contributed by atoms with Crippen molar-refractivity contribution in [2.45, 2.75) is 38.4 Å². The number of hydrogen-bond donors (Lipinski definition) is 1. The number of nitrogens with one attached hydrogen (secondary N) is 1. The average Bonchev–Trinajstić information content (AvgIpc) is 3.12. The molecule has 1 fully saturated rings. The second-order valence-corrected chi connectivity index (χ2v) is 5.83. The minimum absolute atomic E-state index is 0.0547. The van der Waals surface area contributed by atoms with Crippen molar-refractivity contribution in [3.05, 3.63) is 54.6 Å². The molecule has 1 aliphatic rings. The van der Waals surface area contributed by atoms with Crippen LogP contribution in [0.5, 0.6) is 0 Å². The highest BCUT2D eigenvalue weighted by Crippen LogP contribution is 2.18. The van der Waals surface area contributed by atoms with Crippen LogP contribution in [0.25, 0.3) is 0 Å². The third-order valence-corrected chi connectivity index (χ3v) is 4.32. The molecule has 0 radical (unpaired) electrons. The number of amides is 2. The molecule has 1 saturated heterocycles. The lowest BCUT2D eigenvalue weighted by Crippen LogP contribution is -2.36. The molecule has 22 heavy (non-hydrogen) atoms. The molecule has 0 spiro atoms. The van der Waals surface area contributed by atoms with E-state index in [0.717, 1.165) is 25.9 Å². The Balaban J connectivity index is 1.53. The molecule has 1 aliphatic heterocycles. The topological polar surface area (TPSA) is 50.2 Å². The number of carbonyl (C=O) groups is 1. The largest absolute Gasteiger partial charge is 0.337 e. The summed E-state index contributed by atoms with van der Waals surface area (Å²) in [6.45, 7) is 3.79. The third-order valence-electron chi connectivity index (χ3n) is 4.32. The first-order valence-corrected chi connectivity index (χ1v) is 7.81. The van der Waals surface area contributed by atoms with Gasteiger partial charge in [-0.1, -0.05) is 30.3 Å². The second-order valence-electron chi connectivity index (χ2n) is 5.83. The summed E-state index contributed by atoms with van der Waals surface area (Å²) < 4.78 is 2.04. The summed E-state index contributed by atoms with van der Waals surface area (Å²) in [6.07, 6.45) is 7.36. The van der Waals surface area contributed by atoms with Crippen molar-refractivity contribution in [1.29, 1.82) is 0 Å². The van der Waals surface area contributed by atoms with E-state index in [1.807, 2.05) is 40.2 Å². The van der Waals surface area contributed by atoms with E-state index in [-0.39, 0.29) is 18.1 Å². The van der Waals surface area contributed by atoms with E-state index >= 15 is 0 Å². The van der Waals surface area contributed by atoms with Gasteiger partial charge in [0.05, 0.1) is 18.4 Å². The van der Waals surface area contributed by atoms with Gasteiger partial charge in [-0.25, -0.2) is 9.78 Å². The lowest BCUT2D eigenvalue weighted by atomic mass is 10.0. The lowest BCUT2D eigenvalue weighted by Gasteiger charge is -2.23. The summed E-state index contributed by atoms with van der Waals surface area (Å²) in [5, 5.41) is 3.11. The van der Waals surface area contributed by atoms with Crippen LogP contribution < -0.4 is 5.32 Å². The Morgan fingerprint density at radius 3 is 2.77 bits per heavy atom. The Morgan fingerprint density at radius 1 is 1.23 bits per heavy atom. The molecule has 2 amide bonds. The normalized spacial score (nSPS) is 21.1. The number of hydrogen-bond acceptors (Lipinski definition) is 2. The van der Waals surface area contributed by atoms with Crippen LogP contribution in [0.3, 0.4) is 0 Å². The fourth-order valence-corrected chi connectivity index (χ4v) is 3.00. The Labute approximate surface area is 131 Å². The van der Waals surface area contributed by atoms with Crippen LogP contribution in [0.2, 0.25) is 0 Å². The molecule has 3 rings (SSSR count). The molecule has 5 nitrogen and oxygen atoms in total. The van der Waals surface area contributed by atoms with Crippen molar-refractivity contribution in [3.63, 3.8) is 0 Å². The van der Waals surface area contributed by atoms with Gasteiger partial charge in [-0.15, -0.1) is 0 Å². The number of urea groups is 1. The van der Waals surface area contributed by atoms with Crippen molar-refractivity contribution in [2.24, 2.45) is 0 Å². The Bertz CT molecular complexity index is 596. The Kier molecular flexibility index (Phi) is 4.42. The smallest absolute Gasteiger partial charge is 0.318 e. The summed E-state index contributed by atoms with van der Waals surface area (Å²) >= 11 is 0. The van der Waals surface area contributed by atoms with E-state index < -0.39 is 0 Å². The Hall–Kier alpha value is -2.30. The number of aromatic nitrogens is 2. The number of carbonyl (C=O) groups excluding carboxylic acids is 1. The maximum Gasteiger partial charge on any atom is 0.318 e. The summed E-state index contributed by atoms with van der Waals surface area (Å²) in [5.74, 6) is 0. The van der Waals surface area contributed by atoms with Gasteiger partial charge in [-0.05, 0) is 25.3 Å². The van der Waals surface area contributed by atoms with Crippen molar-refractivity contribution in [3.8, 4) is 0 Å². The number of imidazole rings is 1. The van der Waals surface area contributed by atoms with E-state index in [1.54, 1.807) is 6.20 Å². The molecule has 2 unspecified atom stereocenters. The van der Waals surface area contributed by atoms with E-state index in [1.165, 1.54) is 5.56 Å². The number of aryl methyl sites for hydroxylation is 1. The molecule has 5 heteroatoms. The highest BCUT2D eigenvalue weighted by Gasteiger charge is 2.35. The van der Waals surface area contributed by atoms with Crippen molar-refractivity contribution < 1.29 is 4.79 Å². The first kappa shape index (κ1) is 14.6. The zero-order valence-corrected chi connectivity index (χ0v) is 12.9. The third kappa shape index (κ3) is 3.30. The Morgan fingerprint density at radius 2 is 2.05 bits per heavy atom. The van der Waals surface area contributed by atoms with Gasteiger partial charge < -0.3 is 14.8 Å². The molecule has 1 N–H and O–H groups in total. The van der Waals surface area contributed by atoms with Gasteiger partial charge in [0.15, 0.2) is 0 Å². The van der Waals surface area contributed by atoms with E-state index in [0.29, 0.717) is 0 Å². The first-order chi connectivity index (χ1) is 10.7. The van der Waals surface area contributed by atoms with Crippen LogP contribution in [0, 0.1) is 0 Å². The van der Waals surface area contributed by atoms with Crippen LogP contribution in [0.15, 0.2) is 49.1 Å². The van der Waals surface area contributed by atoms with Gasteiger partial charge in [0.1, 0.15) is 0 Å². The molecule has 1 aromatic heterocycles.